The number of para-hydroxylation sites is 1. The molecule has 0 N–H and O–H groups in total. The molecule has 0 saturated carbocycles. The second-order valence-corrected chi connectivity index (χ2v) is 5.76. The summed E-state index contributed by atoms with van der Waals surface area (Å²) in [6.07, 6.45) is 2.30. The molecule has 2 heterocycles. The van der Waals surface area contributed by atoms with Crippen LogP contribution in [0.2, 0.25) is 0 Å². The van der Waals surface area contributed by atoms with E-state index in [9.17, 15) is 0 Å². The van der Waals surface area contributed by atoms with Crippen molar-refractivity contribution < 1.29 is 0 Å². The van der Waals surface area contributed by atoms with Crippen LogP contribution in [0.3, 0.4) is 0 Å². The van der Waals surface area contributed by atoms with Gasteiger partial charge < -0.3 is 4.90 Å². The van der Waals surface area contributed by atoms with Gasteiger partial charge in [0.05, 0.1) is 0 Å². The minimum Gasteiger partial charge on any atom is -0.323 e. The third kappa shape index (κ3) is 2.40. The molecule has 3 heteroatoms. The van der Waals surface area contributed by atoms with Gasteiger partial charge in [-0.1, -0.05) is 18.2 Å². The van der Waals surface area contributed by atoms with E-state index >= 15 is 0 Å². The molecule has 1 aromatic carbocycles. The molecule has 0 aliphatic carbocycles. The van der Waals surface area contributed by atoms with Crippen molar-refractivity contribution in [3.8, 4) is 0 Å². The number of pyridine rings is 1. The molecule has 0 amide bonds. The van der Waals surface area contributed by atoms with Gasteiger partial charge in [0.1, 0.15) is 5.82 Å². The maximum Gasteiger partial charge on any atom is 0.133 e. The molecule has 1 unspecified atom stereocenters. The van der Waals surface area contributed by atoms with Gasteiger partial charge in [0.25, 0.3) is 0 Å². The Labute approximate surface area is 125 Å². The Kier molecular flexibility index (Phi) is 3.66. The van der Waals surface area contributed by atoms with Gasteiger partial charge in [0.15, 0.2) is 0 Å². The molecule has 1 atom stereocenters. The van der Waals surface area contributed by atoms with Crippen molar-refractivity contribution in [3.05, 3.63) is 53.2 Å². The summed E-state index contributed by atoms with van der Waals surface area (Å²) < 4.78 is 0. The van der Waals surface area contributed by atoms with Crippen LogP contribution in [-0.4, -0.2) is 11.0 Å². The van der Waals surface area contributed by atoms with Crippen molar-refractivity contribution in [2.45, 2.75) is 38.6 Å². The van der Waals surface area contributed by atoms with E-state index in [-0.39, 0.29) is 0 Å². The number of fused-ring (bicyclic) bond motifs is 1. The van der Waals surface area contributed by atoms with Crippen LogP contribution in [0.25, 0.3) is 0 Å². The highest BCUT2D eigenvalue weighted by atomic mass is 35.5. The van der Waals surface area contributed by atoms with Crippen LogP contribution < -0.4 is 4.90 Å². The Morgan fingerprint density at radius 3 is 2.90 bits per heavy atom. The Bertz CT molecular complexity index is 624. The second-order valence-electron chi connectivity index (χ2n) is 5.50. The molecule has 1 aliphatic heterocycles. The van der Waals surface area contributed by atoms with E-state index in [2.05, 4.69) is 48.2 Å². The van der Waals surface area contributed by atoms with Gasteiger partial charge in [-0.3, -0.25) is 0 Å². The van der Waals surface area contributed by atoms with Crippen LogP contribution in [0.1, 0.15) is 30.2 Å². The molecule has 0 radical (unpaired) electrons. The molecule has 0 spiro atoms. The summed E-state index contributed by atoms with van der Waals surface area (Å²) in [4.78, 5) is 7.07. The number of aromatic nitrogens is 1. The van der Waals surface area contributed by atoms with Crippen molar-refractivity contribution >= 4 is 23.1 Å². The maximum atomic E-state index is 6.00. The summed E-state index contributed by atoms with van der Waals surface area (Å²) in [5.41, 5.74) is 4.84. The monoisotopic (exact) mass is 286 g/mol. The number of halogens is 1. The molecule has 1 aliphatic rings. The Morgan fingerprint density at radius 1 is 1.30 bits per heavy atom. The zero-order chi connectivity index (χ0) is 14.1. The second kappa shape index (κ2) is 5.45. The fraction of sp³-hybridized carbons (Fsp3) is 0.353. The SMILES string of the molecule is Cc1cc(CCl)cc(N2c3ccccc3CCC2C)n1. The lowest BCUT2D eigenvalue weighted by Gasteiger charge is -2.36. The molecule has 2 nitrogen and oxygen atoms in total. The average Bonchev–Trinajstić information content (AvgIpc) is 2.46. The van der Waals surface area contributed by atoms with Crippen LogP contribution >= 0.6 is 11.6 Å². The normalized spacial score (nSPS) is 17.9. The summed E-state index contributed by atoms with van der Waals surface area (Å²) in [5.74, 6) is 1.54. The molecule has 2 aromatic rings. The molecule has 0 fully saturated rings. The van der Waals surface area contributed by atoms with E-state index in [1.807, 2.05) is 6.92 Å². The molecular formula is C17H19ClN2. The van der Waals surface area contributed by atoms with Crippen molar-refractivity contribution in [2.24, 2.45) is 0 Å². The average molecular weight is 287 g/mol. The fourth-order valence-corrected chi connectivity index (χ4v) is 3.11. The third-order valence-corrected chi connectivity index (χ3v) is 4.23. The Balaban J connectivity index is 2.11. The van der Waals surface area contributed by atoms with Crippen LogP contribution in [0.15, 0.2) is 36.4 Å². The predicted molar refractivity (Wildman–Crippen MR) is 84.9 cm³/mol. The van der Waals surface area contributed by atoms with Crippen LogP contribution in [0.5, 0.6) is 0 Å². The van der Waals surface area contributed by atoms with E-state index in [1.165, 1.54) is 11.3 Å². The quantitative estimate of drug-likeness (QED) is 0.750. The molecule has 104 valence electrons. The van der Waals surface area contributed by atoms with Crippen molar-refractivity contribution in [3.63, 3.8) is 0 Å². The largest absolute Gasteiger partial charge is 0.323 e. The smallest absolute Gasteiger partial charge is 0.133 e. The van der Waals surface area contributed by atoms with E-state index in [1.54, 1.807) is 0 Å². The lowest BCUT2D eigenvalue weighted by molar-refractivity contribution is 0.613. The maximum absolute atomic E-state index is 6.00. The van der Waals surface area contributed by atoms with Crippen molar-refractivity contribution in [1.29, 1.82) is 0 Å². The highest BCUT2D eigenvalue weighted by Crippen LogP contribution is 2.36. The van der Waals surface area contributed by atoms with Gasteiger partial charge in [-0.15, -0.1) is 11.6 Å². The summed E-state index contributed by atoms with van der Waals surface area (Å²) >= 11 is 6.00. The standard InChI is InChI=1S/C17H19ClN2/c1-12-9-14(11-18)10-17(19-12)20-13(2)7-8-15-5-3-4-6-16(15)20/h3-6,9-10,13H,7-8,11H2,1-2H3. The lowest BCUT2D eigenvalue weighted by Crippen LogP contribution is -2.33. The van der Waals surface area contributed by atoms with Gasteiger partial charge in [0, 0.05) is 23.3 Å². The number of nitrogens with zero attached hydrogens (tertiary/aromatic N) is 2. The zero-order valence-corrected chi connectivity index (χ0v) is 12.7. The number of hydrogen-bond acceptors (Lipinski definition) is 2. The van der Waals surface area contributed by atoms with Gasteiger partial charge in [-0.25, -0.2) is 4.98 Å². The molecule has 20 heavy (non-hydrogen) atoms. The molecule has 0 saturated heterocycles. The molecule has 0 bridgehead atoms. The first-order valence-corrected chi connectivity index (χ1v) is 7.63. The number of benzene rings is 1. The van der Waals surface area contributed by atoms with E-state index < -0.39 is 0 Å². The van der Waals surface area contributed by atoms with Gasteiger partial charge >= 0.3 is 0 Å². The number of aryl methyl sites for hydroxylation is 2. The van der Waals surface area contributed by atoms with Gasteiger partial charge in [-0.05, 0) is 56.0 Å². The van der Waals surface area contributed by atoms with E-state index in [0.29, 0.717) is 11.9 Å². The van der Waals surface area contributed by atoms with Crippen LogP contribution in [0, 0.1) is 6.92 Å². The first-order chi connectivity index (χ1) is 9.69. The van der Waals surface area contributed by atoms with Crippen molar-refractivity contribution in [1.82, 2.24) is 4.98 Å². The number of rotatable bonds is 2. The summed E-state index contributed by atoms with van der Waals surface area (Å²) in [5, 5.41) is 0. The Hall–Kier alpha value is -1.54. The Morgan fingerprint density at radius 2 is 2.10 bits per heavy atom. The van der Waals surface area contributed by atoms with Gasteiger partial charge in [-0.2, -0.15) is 0 Å². The molecule has 3 rings (SSSR count). The minimum absolute atomic E-state index is 0.461. The third-order valence-electron chi connectivity index (χ3n) is 3.92. The van der Waals surface area contributed by atoms with E-state index in [4.69, 9.17) is 16.6 Å². The van der Waals surface area contributed by atoms with E-state index in [0.717, 1.165) is 29.9 Å². The summed E-state index contributed by atoms with van der Waals surface area (Å²) in [7, 11) is 0. The fourth-order valence-electron chi connectivity index (χ4n) is 2.96. The van der Waals surface area contributed by atoms with Crippen molar-refractivity contribution in [2.75, 3.05) is 4.90 Å². The van der Waals surface area contributed by atoms with Crippen LogP contribution in [-0.2, 0) is 12.3 Å². The van der Waals surface area contributed by atoms with Gasteiger partial charge in [0.2, 0.25) is 0 Å². The molecular weight excluding hydrogens is 268 g/mol. The number of hydrogen-bond donors (Lipinski definition) is 0. The lowest BCUT2D eigenvalue weighted by atomic mass is 9.96. The number of alkyl halides is 1. The predicted octanol–water partition coefficient (Wildman–Crippen LogP) is 4.60. The zero-order valence-electron chi connectivity index (χ0n) is 11.9. The summed E-state index contributed by atoms with van der Waals surface area (Å²) in [6.45, 7) is 4.29. The first-order valence-electron chi connectivity index (χ1n) is 7.09. The highest BCUT2D eigenvalue weighted by Gasteiger charge is 2.25. The summed E-state index contributed by atoms with van der Waals surface area (Å²) in [6, 6.07) is 13.2. The van der Waals surface area contributed by atoms with Crippen LogP contribution in [0.4, 0.5) is 11.5 Å². The minimum atomic E-state index is 0.461. The number of anilines is 2. The highest BCUT2D eigenvalue weighted by molar-refractivity contribution is 6.17. The first kappa shape index (κ1) is 13.4. The topological polar surface area (TPSA) is 16.1 Å². The molecule has 1 aromatic heterocycles.